The largest absolute Gasteiger partial charge is 0.330 e. The molecule has 0 aromatic heterocycles. The second-order valence-electron chi connectivity index (χ2n) is 2.36. The number of rotatable bonds is 5. The average molecular weight is 127 g/mol. The molecule has 1 nitrogen and oxygen atoms in total. The summed E-state index contributed by atoms with van der Waals surface area (Å²) in [5.74, 6) is 0.653. The minimum atomic E-state index is 0.653. The zero-order valence-electron chi connectivity index (χ0n) is 6.27. The first kappa shape index (κ1) is 8.70. The van der Waals surface area contributed by atoms with Crippen LogP contribution in [0.1, 0.15) is 26.2 Å². The molecule has 54 valence electrons. The Labute approximate surface area is 57.9 Å². The second kappa shape index (κ2) is 5.83. The summed E-state index contributed by atoms with van der Waals surface area (Å²) in [4.78, 5) is 0. The molecular weight excluding hydrogens is 110 g/mol. The first-order chi connectivity index (χ1) is 4.35. The van der Waals surface area contributed by atoms with Crippen LogP contribution in [0.5, 0.6) is 0 Å². The Morgan fingerprint density at radius 2 is 2.22 bits per heavy atom. The van der Waals surface area contributed by atoms with Gasteiger partial charge in [0, 0.05) is 0 Å². The monoisotopic (exact) mass is 127 g/mol. The summed E-state index contributed by atoms with van der Waals surface area (Å²) in [6.07, 6.45) is 5.57. The molecule has 0 aromatic carbocycles. The van der Waals surface area contributed by atoms with E-state index in [-0.39, 0.29) is 0 Å². The van der Waals surface area contributed by atoms with Crippen molar-refractivity contribution in [2.24, 2.45) is 11.7 Å². The smallest absolute Gasteiger partial charge is 0.00717 e. The minimum Gasteiger partial charge on any atom is -0.330 e. The molecule has 0 spiro atoms. The SMILES string of the molecule is C=CC(CCC)CCN. The lowest BCUT2D eigenvalue weighted by atomic mass is 10.0. The van der Waals surface area contributed by atoms with Crippen molar-refractivity contribution in [1.82, 2.24) is 0 Å². The summed E-state index contributed by atoms with van der Waals surface area (Å²) in [7, 11) is 0. The molecule has 0 aliphatic heterocycles. The summed E-state index contributed by atoms with van der Waals surface area (Å²) >= 11 is 0. The van der Waals surface area contributed by atoms with Gasteiger partial charge in [0.05, 0.1) is 0 Å². The molecular formula is C8H17N. The van der Waals surface area contributed by atoms with Crippen LogP contribution in [0.4, 0.5) is 0 Å². The van der Waals surface area contributed by atoms with E-state index in [2.05, 4.69) is 13.5 Å². The van der Waals surface area contributed by atoms with E-state index in [4.69, 9.17) is 5.73 Å². The van der Waals surface area contributed by atoms with Crippen LogP contribution in [0.15, 0.2) is 12.7 Å². The molecule has 0 rings (SSSR count). The van der Waals surface area contributed by atoms with Crippen molar-refractivity contribution in [2.45, 2.75) is 26.2 Å². The zero-order valence-corrected chi connectivity index (χ0v) is 6.27. The van der Waals surface area contributed by atoms with Gasteiger partial charge in [-0.05, 0) is 25.3 Å². The van der Waals surface area contributed by atoms with Crippen molar-refractivity contribution >= 4 is 0 Å². The van der Waals surface area contributed by atoms with E-state index in [0.717, 1.165) is 13.0 Å². The van der Waals surface area contributed by atoms with Gasteiger partial charge in [0.2, 0.25) is 0 Å². The predicted octanol–water partition coefficient (Wildman–Crippen LogP) is 1.94. The summed E-state index contributed by atoms with van der Waals surface area (Å²) in [6.45, 7) is 6.72. The van der Waals surface area contributed by atoms with Crippen LogP contribution in [0.25, 0.3) is 0 Å². The van der Waals surface area contributed by atoms with Crippen molar-refractivity contribution < 1.29 is 0 Å². The molecule has 1 unspecified atom stereocenters. The molecule has 0 fully saturated rings. The fraction of sp³-hybridized carbons (Fsp3) is 0.750. The Balaban J connectivity index is 3.29. The lowest BCUT2D eigenvalue weighted by Gasteiger charge is -2.07. The molecule has 1 heteroatoms. The molecule has 9 heavy (non-hydrogen) atoms. The molecule has 1 atom stereocenters. The fourth-order valence-electron chi connectivity index (χ4n) is 0.965. The van der Waals surface area contributed by atoms with Gasteiger partial charge in [0.15, 0.2) is 0 Å². The first-order valence-electron chi connectivity index (χ1n) is 3.67. The van der Waals surface area contributed by atoms with Gasteiger partial charge in [-0.25, -0.2) is 0 Å². The normalized spacial score (nSPS) is 13.1. The molecule has 0 radical (unpaired) electrons. The highest BCUT2D eigenvalue weighted by molar-refractivity contribution is 4.78. The van der Waals surface area contributed by atoms with Gasteiger partial charge in [-0.2, -0.15) is 0 Å². The number of hydrogen-bond acceptors (Lipinski definition) is 1. The molecule has 2 N–H and O–H groups in total. The summed E-state index contributed by atoms with van der Waals surface area (Å²) in [6, 6.07) is 0. The van der Waals surface area contributed by atoms with Gasteiger partial charge in [-0.15, -0.1) is 6.58 Å². The van der Waals surface area contributed by atoms with Gasteiger partial charge >= 0.3 is 0 Å². The molecule has 0 aliphatic rings. The van der Waals surface area contributed by atoms with E-state index in [1.54, 1.807) is 0 Å². The van der Waals surface area contributed by atoms with Crippen molar-refractivity contribution in [2.75, 3.05) is 6.54 Å². The van der Waals surface area contributed by atoms with Crippen LogP contribution >= 0.6 is 0 Å². The van der Waals surface area contributed by atoms with E-state index < -0.39 is 0 Å². The molecule has 0 aromatic rings. The van der Waals surface area contributed by atoms with Crippen LogP contribution in [0, 0.1) is 5.92 Å². The third-order valence-electron chi connectivity index (χ3n) is 1.53. The Hall–Kier alpha value is -0.300. The molecule has 0 saturated heterocycles. The lowest BCUT2D eigenvalue weighted by molar-refractivity contribution is 0.545. The van der Waals surface area contributed by atoms with Gasteiger partial charge in [-0.1, -0.05) is 19.4 Å². The van der Waals surface area contributed by atoms with Crippen LogP contribution in [-0.4, -0.2) is 6.54 Å². The quantitative estimate of drug-likeness (QED) is 0.561. The summed E-state index contributed by atoms with van der Waals surface area (Å²) in [5.41, 5.74) is 5.39. The highest BCUT2D eigenvalue weighted by Crippen LogP contribution is 2.09. The first-order valence-corrected chi connectivity index (χ1v) is 3.67. The second-order valence-corrected chi connectivity index (χ2v) is 2.36. The maximum Gasteiger partial charge on any atom is -0.00717 e. The van der Waals surface area contributed by atoms with Crippen molar-refractivity contribution in [1.29, 1.82) is 0 Å². The number of hydrogen-bond donors (Lipinski definition) is 1. The third-order valence-corrected chi connectivity index (χ3v) is 1.53. The minimum absolute atomic E-state index is 0.653. The Kier molecular flexibility index (Phi) is 5.64. The topological polar surface area (TPSA) is 26.0 Å². The lowest BCUT2D eigenvalue weighted by Crippen LogP contribution is -2.05. The molecule has 0 bridgehead atoms. The summed E-state index contributed by atoms with van der Waals surface area (Å²) in [5, 5.41) is 0. The standard InChI is InChI=1S/C8H17N/c1-3-5-8(4-2)6-7-9/h4,8H,2-3,5-7,9H2,1H3. The molecule has 0 aliphatic carbocycles. The van der Waals surface area contributed by atoms with Gasteiger partial charge in [0.1, 0.15) is 0 Å². The van der Waals surface area contributed by atoms with E-state index in [9.17, 15) is 0 Å². The number of allylic oxidation sites excluding steroid dienone is 1. The van der Waals surface area contributed by atoms with Crippen LogP contribution in [-0.2, 0) is 0 Å². The predicted molar refractivity (Wildman–Crippen MR) is 42.3 cm³/mol. The maximum atomic E-state index is 5.39. The van der Waals surface area contributed by atoms with E-state index in [1.807, 2.05) is 6.08 Å². The highest BCUT2D eigenvalue weighted by Gasteiger charge is 1.98. The Morgan fingerprint density at radius 1 is 1.56 bits per heavy atom. The highest BCUT2D eigenvalue weighted by atomic mass is 14.5. The fourth-order valence-corrected chi connectivity index (χ4v) is 0.965. The van der Waals surface area contributed by atoms with Crippen LogP contribution in [0.2, 0.25) is 0 Å². The van der Waals surface area contributed by atoms with Gasteiger partial charge < -0.3 is 5.73 Å². The van der Waals surface area contributed by atoms with Crippen molar-refractivity contribution in [3.8, 4) is 0 Å². The Morgan fingerprint density at radius 3 is 2.56 bits per heavy atom. The van der Waals surface area contributed by atoms with Crippen LogP contribution < -0.4 is 5.73 Å². The third kappa shape index (κ3) is 4.22. The Bertz CT molecular complexity index is 63.0. The molecule has 0 heterocycles. The maximum absolute atomic E-state index is 5.39. The van der Waals surface area contributed by atoms with Gasteiger partial charge in [0.25, 0.3) is 0 Å². The average Bonchev–Trinajstić information content (AvgIpc) is 1.88. The van der Waals surface area contributed by atoms with E-state index in [0.29, 0.717) is 5.92 Å². The van der Waals surface area contributed by atoms with Crippen molar-refractivity contribution in [3.05, 3.63) is 12.7 Å². The number of nitrogens with two attached hydrogens (primary N) is 1. The summed E-state index contributed by atoms with van der Waals surface area (Å²) < 4.78 is 0. The van der Waals surface area contributed by atoms with E-state index in [1.165, 1.54) is 12.8 Å². The molecule has 0 amide bonds. The van der Waals surface area contributed by atoms with E-state index >= 15 is 0 Å². The van der Waals surface area contributed by atoms with Gasteiger partial charge in [-0.3, -0.25) is 0 Å². The zero-order chi connectivity index (χ0) is 7.11. The van der Waals surface area contributed by atoms with Crippen molar-refractivity contribution in [3.63, 3.8) is 0 Å². The molecule has 0 saturated carbocycles. The van der Waals surface area contributed by atoms with Crippen LogP contribution in [0.3, 0.4) is 0 Å².